The van der Waals surface area contributed by atoms with Gasteiger partial charge in [-0.3, -0.25) is 19.9 Å². The first kappa shape index (κ1) is 23.6. The predicted molar refractivity (Wildman–Crippen MR) is 111 cm³/mol. The highest BCUT2D eigenvalue weighted by molar-refractivity contribution is 5.94. The lowest BCUT2D eigenvalue weighted by Crippen LogP contribution is -2.43. The molecule has 1 aliphatic rings. The first-order chi connectivity index (χ1) is 13.2. The van der Waals surface area contributed by atoms with Crippen LogP contribution in [0.15, 0.2) is 24.3 Å². The van der Waals surface area contributed by atoms with Crippen LogP contribution in [0.4, 0.5) is 0 Å². The van der Waals surface area contributed by atoms with Crippen molar-refractivity contribution >= 4 is 17.7 Å². The van der Waals surface area contributed by atoms with Gasteiger partial charge in [-0.25, -0.2) is 0 Å². The van der Waals surface area contributed by atoms with Crippen LogP contribution in [0.25, 0.3) is 0 Å². The summed E-state index contributed by atoms with van der Waals surface area (Å²) in [7, 11) is 0. The maximum Gasteiger partial charge on any atom is 0.300 e. The normalized spacial score (nSPS) is 16.4. The van der Waals surface area contributed by atoms with Gasteiger partial charge in [-0.15, -0.1) is 0 Å². The van der Waals surface area contributed by atoms with Crippen molar-refractivity contribution in [3.63, 3.8) is 0 Å². The van der Waals surface area contributed by atoms with Crippen molar-refractivity contribution in [1.82, 2.24) is 10.2 Å². The van der Waals surface area contributed by atoms with E-state index in [4.69, 9.17) is 21.0 Å². The van der Waals surface area contributed by atoms with Gasteiger partial charge < -0.3 is 16.2 Å². The van der Waals surface area contributed by atoms with Gasteiger partial charge in [-0.2, -0.15) is 0 Å². The number of nitrogens with zero attached hydrogens (tertiary/aromatic N) is 1. The number of nitrogens with one attached hydrogen (secondary N) is 2. The average molecular weight is 391 g/mol. The Balaban J connectivity index is 0.000000892. The monoisotopic (exact) mass is 390 g/mol. The van der Waals surface area contributed by atoms with Gasteiger partial charge in [0.1, 0.15) is 5.84 Å². The van der Waals surface area contributed by atoms with Gasteiger partial charge in [0.05, 0.1) is 6.04 Å². The lowest BCUT2D eigenvalue weighted by molar-refractivity contribution is -0.134. The van der Waals surface area contributed by atoms with E-state index in [1.165, 1.54) is 6.42 Å². The standard InChI is InChI=1S/C19H30N4O.C2H4O2/c1-14(2)5-3-11-23-12-4-6-17(23)19(24)22-13-15-7-9-16(10-8-15)18(20)21;1-2(3)4/h7-10,14,17H,3-6,11-13H2,1-2H3,(H3,20,21)(H,22,24);1H3,(H,3,4)/t17-;/m0./s1. The second kappa shape index (κ2) is 12.1. The van der Waals surface area contributed by atoms with E-state index in [0.29, 0.717) is 12.1 Å². The van der Waals surface area contributed by atoms with Gasteiger partial charge in [0.2, 0.25) is 5.91 Å². The highest BCUT2D eigenvalue weighted by Gasteiger charge is 2.29. The molecule has 1 heterocycles. The van der Waals surface area contributed by atoms with Gasteiger partial charge in [0.15, 0.2) is 0 Å². The maximum absolute atomic E-state index is 12.5. The molecule has 28 heavy (non-hydrogen) atoms. The van der Waals surface area contributed by atoms with E-state index in [0.717, 1.165) is 50.8 Å². The Morgan fingerprint density at radius 1 is 1.32 bits per heavy atom. The van der Waals surface area contributed by atoms with Gasteiger partial charge in [-0.1, -0.05) is 38.1 Å². The van der Waals surface area contributed by atoms with E-state index in [1.54, 1.807) is 0 Å². The third kappa shape index (κ3) is 8.99. The summed E-state index contributed by atoms with van der Waals surface area (Å²) < 4.78 is 0. The Bertz CT molecular complexity index is 640. The largest absolute Gasteiger partial charge is 0.481 e. The molecule has 0 spiro atoms. The van der Waals surface area contributed by atoms with E-state index in [1.807, 2.05) is 24.3 Å². The maximum atomic E-state index is 12.5. The molecule has 0 radical (unpaired) electrons. The molecule has 1 aromatic rings. The molecule has 1 amide bonds. The van der Waals surface area contributed by atoms with Crippen molar-refractivity contribution < 1.29 is 14.7 Å². The number of amidine groups is 1. The molecule has 1 atom stereocenters. The Labute approximate surface area is 167 Å². The number of aliphatic carboxylic acids is 1. The van der Waals surface area contributed by atoms with Crippen LogP contribution in [-0.2, 0) is 16.1 Å². The summed E-state index contributed by atoms with van der Waals surface area (Å²) >= 11 is 0. The zero-order valence-electron chi connectivity index (χ0n) is 17.2. The summed E-state index contributed by atoms with van der Waals surface area (Å²) in [6.07, 6.45) is 4.44. The Morgan fingerprint density at radius 3 is 2.46 bits per heavy atom. The Hall–Kier alpha value is -2.41. The molecular weight excluding hydrogens is 356 g/mol. The number of likely N-dealkylation sites (tertiary alicyclic amines) is 1. The number of hydrogen-bond donors (Lipinski definition) is 4. The fraction of sp³-hybridized carbons (Fsp3) is 0.571. The number of benzene rings is 1. The number of rotatable bonds is 8. The number of nitrogen functional groups attached to an aromatic ring is 1. The molecule has 156 valence electrons. The van der Waals surface area contributed by atoms with Crippen LogP contribution in [0.3, 0.4) is 0 Å². The second-order valence-corrected chi connectivity index (χ2v) is 7.58. The minimum atomic E-state index is -0.833. The molecule has 2 rings (SSSR count). The summed E-state index contributed by atoms with van der Waals surface area (Å²) in [6, 6.07) is 7.47. The van der Waals surface area contributed by atoms with Crippen molar-refractivity contribution in [3.05, 3.63) is 35.4 Å². The van der Waals surface area contributed by atoms with Crippen LogP contribution in [0.1, 0.15) is 57.6 Å². The zero-order chi connectivity index (χ0) is 21.1. The Morgan fingerprint density at radius 2 is 1.93 bits per heavy atom. The number of carboxylic acid groups (broad SMARTS) is 1. The lowest BCUT2D eigenvalue weighted by atomic mass is 10.1. The molecule has 0 unspecified atom stereocenters. The van der Waals surface area contributed by atoms with Gasteiger partial charge in [0, 0.05) is 19.0 Å². The quantitative estimate of drug-likeness (QED) is 0.402. The first-order valence-corrected chi connectivity index (χ1v) is 9.85. The minimum Gasteiger partial charge on any atom is -0.481 e. The second-order valence-electron chi connectivity index (χ2n) is 7.58. The third-order valence-electron chi connectivity index (χ3n) is 4.62. The predicted octanol–water partition coefficient (Wildman–Crippen LogP) is 2.58. The van der Waals surface area contributed by atoms with E-state index >= 15 is 0 Å². The molecule has 0 bridgehead atoms. The first-order valence-electron chi connectivity index (χ1n) is 9.85. The summed E-state index contributed by atoms with van der Waals surface area (Å²) in [5.74, 6) is 0.0825. The average Bonchev–Trinajstić information content (AvgIpc) is 3.08. The molecule has 1 aliphatic heterocycles. The minimum absolute atomic E-state index is 0.0219. The summed E-state index contributed by atoms with van der Waals surface area (Å²) in [5, 5.41) is 17.9. The van der Waals surface area contributed by atoms with Crippen molar-refractivity contribution in [2.45, 2.75) is 59.0 Å². The van der Waals surface area contributed by atoms with Gasteiger partial charge >= 0.3 is 0 Å². The molecule has 7 heteroatoms. The molecule has 0 aliphatic carbocycles. The van der Waals surface area contributed by atoms with E-state index in [2.05, 4.69) is 24.1 Å². The fourth-order valence-corrected chi connectivity index (χ4v) is 3.20. The number of carbonyl (C=O) groups excluding carboxylic acids is 1. The molecule has 1 aromatic carbocycles. The number of amides is 1. The zero-order valence-corrected chi connectivity index (χ0v) is 17.2. The SMILES string of the molecule is CC(=O)O.CC(C)CCCN1CCC[C@H]1C(=O)NCc1ccc(C(=N)N)cc1. The van der Waals surface area contributed by atoms with Crippen LogP contribution in [0.2, 0.25) is 0 Å². The summed E-state index contributed by atoms with van der Waals surface area (Å²) in [5.41, 5.74) is 7.18. The summed E-state index contributed by atoms with van der Waals surface area (Å²) in [6.45, 7) is 8.14. The smallest absolute Gasteiger partial charge is 0.300 e. The molecule has 1 fully saturated rings. The topological polar surface area (TPSA) is 120 Å². The fourth-order valence-electron chi connectivity index (χ4n) is 3.20. The number of hydrogen-bond acceptors (Lipinski definition) is 4. The van der Waals surface area contributed by atoms with Crippen molar-refractivity contribution in [3.8, 4) is 0 Å². The molecule has 5 N–H and O–H groups in total. The van der Waals surface area contributed by atoms with E-state index < -0.39 is 5.97 Å². The third-order valence-corrected chi connectivity index (χ3v) is 4.62. The van der Waals surface area contributed by atoms with Crippen molar-refractivity contribution in [2.24, 2.45) is 11.7 Å². The van der Waals surface area contributed by atoms with Gasteiger partial charge in [0.25, 0.3) is 5.97 Å². The lowest BCUT2D eigenvalue weighted by Gasteiger charge is -2.24. The van der Waals surface area contributed by atoms with E-state index in [-0.39, 0.29) is 17.8 Å². The molecule has 0 aromatic heterocycles. The van der Waals surface area contributed by atoms with Crippen LogP contribution < -0.4 is 11.1 Å². The molecular formula is C21H34N4O3. The highest BCUT2D eigenvalue weighted by Crippen LogP contribution is 2.19. The Kier molecular flexibility index (Phi) is 10.2. The highest BCUT2D eigenvalue weighted by atomic mass is 16.4. The van der Waals surface area contributed by atoms with Gasteiger partial charge in [-0.05, 0) is 50.3 Å². The molecule has 0 saturated carbocycles. The van der Waals surface area contributed by atoms with Crippen molar-refractivity contribution in [1.29, 1.82) is 5.41 Å². The van der Waals surface area contributed by atoms with Crippen molar-refractivity contribution in [2.75, 3.05) is 13.1 Å². The van der Waals surface area contributed by atoms with Crippen LogP contribution in [0.5, 0.6) is 0 Å². The summed E-state index contributed by atoms with van der Waals surface area (Å²) in [4.78, 5) is 23.8. The molecule has 1 saturated heterocycles. The van der Waals surface area contributed by atoms with E-state index in [9.17, 15) is 4.79 Å². The molecule has 7 nitrogen and oxygen atoms in total. The number of carboxylic acids is 1. The van der Waals surface area contributed by atoms with Crippen LogP contribution in [0, 0.1) is 11.3 Å². The number of nitrogens with two attached hydrogens (primary N) is 1. The van der Waals surface area contributed by atoms with Crippen LogP contribution in [-0.4, -0.2) is 46.8 Å². The number of carbonyl (C=O) groups is 2. The van der Waals surface area contributed by atoms with Crippen LogP contribution >= 0.6 is 0 Å².